The van der Waals surface area contributed by atoms with E-state index in [1.165, 1.54) is 4.68 Å². The minimum absolute atomic E-state index is 0.0433. The van der Waals surface area contributed by atoms with Crippen LogP contribution in [-0.4, -0.2) is 34.4 Å². The lowest BCUT2D eigenvalue weighted by Crippen LogP contribution is -2.42. The van der Waals surface area contributed by atoms with Crippen molar-refractivity contribution in [2.24, 2.45) is 0 Å². The van der Waals surface area contributed by atoms with E-state index in [1.807, 2.05) is 19.9 Å². The van der Waals surface area contributed by atoms with Gasteiger partial charge in [0.25, 0.3) is 11.5 Å². The Balaban J connectivity index is 1.96. The SMILES string of the molecule is CCCn1nc(C(=O)N[C@@H](C)[C@H]2CCCO2)c2ccccc2c1=O. The van der Waals surface area contributed by atoms with E-state index in [0.29, 0.717) is 23.0 Å². The number of hydrogen-bond acceptors (Lipinski definition) is 4. The molecule has 3 rings (SSSR count). The second-order valence-electron chi connectivity index (χ2n) is 6.24. The van der Waals surface area contributed by atoms with Gasteiger partial charge in [-0.05, 0) is 32.3 Å². The zero-order valence-corrected chi connectivity index (χ0v) is 14.1. The maximum atomic E-state index is 12.7. The number of carbonyl (C=O) groups is 1. The first-order chi connectivity index (χ1) is 11.6. The first kappa shape index (κ1) is 16.6. The summed E-state index contributed by atoms with van der Waals surface area (Å²) in [7, 11) is 0. The lowest BCUT2D eigenvalue weighted by molar-refractivity contribution is 0.0709. The molecule has 0 radical (unpaired) electrons. The van der Waals surface area contributed by atoms with E-state index in [2.05, 4.69) is 10.4 Å². The van der Waals surface area contributed by atoms with Gasteiger partial charge in [-0.1, -0.05) is 25.1 Å². The Labute approximate surface area is 140 Å². The molecule has 1 aliphatic rings. The van der Waals surface area contributed by atoms with E-state index < -0.39 is 0 Å². The molecule has 1 fully saturated rings. The average Bonchev–Trinajstić information content (AvgIpc) is 3.12. The van der Waals surface area contributed by atoms with Crippen LogP contribution >= 0.6 is 0 Å². The van der Waals surface area contributed by atoms with Crippen molar-refractivity contribution >= 4 is 16.7 Å². The molecule has 2 atom stereocenters. The maximum Gasteiger partial charge on any atom is 0.274 e. The van der Waals surface area contributed by atoms with Gasteiger partial charge in [-0.15, -0.1) is 0 Å². The lowest BCUT2D eigenvalue weighted by atomic mass is 10.1. The zero-order valence-electron chi connectivity index (χ0n) is 14.1. The molecule has 2 heterocycles. The number of carbonyl (C=O) groups excluding carboxylic acids is 1. The van der Waals surface area contributed by atoms with Crippen LogP contribution in [0.3, 0.4) is 0 Å². The second kappa shape index (κ2) is 7.13. The number of fused-ring (bicyclic) bond motifs is 1. The van der Waals surface area contributed by atoms with Gasteiger partial charge in [0.2, 0.25) is 0 Å². The second-order valence-corrected chi connectivity index (χ2v) is 6.24. The van der Waals surface area contributed by atoms with Crippen molar-refractivity contribution in [3.8, 4) is 0 Å². The van der Waals surface area contributed by atoms with Crippen molar-refractivity contribution in [2.75, 3.05) is 6.61 Å². The fourth-order valence-electron chi connectivity index (χ4n) is 3.13. The number of ether oxygens (including phenoxy) is 1. The number of amides is 1. The molecule has 1 N–H and O–H groups in total. The molecule has 1 aromatic carbocycles. The number of benzene rings is 1. The Morgan fingerprint density at radius 1 is 1.42 bits per heavy atom. The highest BCUT2D eigenvalue weighted by Gasteiger charge is 2.25. The molecule has 24 heavy (non-hydrogen) atoms. The molecule has 128 valence electrons. The molecule has 6 heteroatoms. The van der Waals surface area contributed by atoms with Crippen molar-refractivity contribution in [3.05, 3.63) is 40.3 Å². The molecule has 6 nitrogen and oxygen atoms in total. The van der Waals surface area contributed by atoms with Crippen LogP contribution in [0.2, 0.25) is 0 Å². The Hall–Kier alpha value is -2.21. The molecule has 2 aromatic rings. The molecular formula is C18H23N3O3. The van der Waals surface area contributed by atoms with Crippen molar-refractivity contribution < 1.29 is 9.53 Å². The monoisotopic (exact) mass is 329 g/mol. The molecule has 1 aliphatic heterocycles. The zero-order chi connectivity index (χ0) is 17.1. The van der Waals surface area contributed by atoms with Gasteiger partial charge >= 0.3 is 0 Å². The van der Waals surface area contributed by atoms with Crippen LogP contribution in [0.1, 0.15) is 43.6 Å². The van der Waals surface area contributed by atoms with Crippen LogP contribution in [0.25, 0.3) is 10.8 Å². The summed E-state index contributed by atoms with van der Waals surface area (Å²) in [4.78, 5) is 25.2. The van der Waals surface area contributed by atoms with Gasteiger partial charge in [0.1, 0.15) is 0 Å². The normalized spacial score (nSPS) is 18.7. The summed E-state index contributed by atoms with van der Waals surface area (Å²) in [5, 5.41) is 8.41. The van der Waals surface area contributed by atoms with E-state index >= 15 is 0 Å². The predicted molar refractivity (Wildman–Crippen MR) is 92.2 cm³/mol. The number of aryl methyl sites for hydroxylation is 1. The standard InChI is InChI=1S/C18H23N3O3/c1-3-10-21-18(23)14-8-5-4-7-13(14)16(20-21)17(22)19-12(2)15-9-6-11-24-15/h4-5,7-8,12,15H,3,6,9-11H2,1-2H3,(H,19,22)/t12-,15+/m0/s1. The Kier molecular flexibility index (Phi) is 4.94. The first-order valence-electron chi connectivity index (χ1n) is 8.54. The van der Waals surface area contributed by atoms with Gasteiger partial charge in [-0.25, -0.2) is 4.68 Å². The Bertz CT molecular complexity index is 794. The van der Waals surface area contributed by atoms with Gasteiger partial charge in [0.15, 0.2) is 5.69 Å². The van der Waals surface area contributed by atoms with Crippen molar-refractivity contribution in [2.45, 2.75) is 51.8 Å². The average molecular weight is 329 g/mol. The van der Waals surface area contributed by atoms with Crippen LogP contribution in [-0.2, 0) is 11.3 Å². The maximum absolute atomic E-state index is 12.7. The third-order valence-corrected chi connectivity index (χ3v) is 4.40. The number of rotatable bonds is 5. The Morgan fingerprint density at radius 2 is 2.17 bits per heavy atom. The summed E-state index contributed by atoms with van der Waals surface area (Å²) in [5.74, 6) is -0.265. The summed E-state index contributed by atoms with van der Waals surface area (Å²) < 4.78 is 7.01. The van der Waals surface area contributed by atoms with E-state index in [0.717, 1.165) is 25.9 Å². The van der Waals surface area contributed by atoms with Crippen LogP contribution < -0.4 is 10.9 Å². The number of aromatic nitrogens is 2. The summed E-state index contributed by atoms with van der Waals surface area (Å²) in [5.41, 5.74) is 0.139. The third-order valence-electron chi connectivity index (χ3n) is 4.40. The van der Waals surface area contributed by atoms with Gasteiger partial charge in [0, 0.05) is 18.5 Å². The summed E-state index contributed by atoms with van der Waals surface area (Å²) in [6, 6.07) is 7.04. The fourth-order valence-corrected chi connectivity index (χ4v) is 3.13. The fraction of sp³-hybridized carbons (Fsp3) is 0.500. The number of nitrogens with one attached hydrogen (secondary N) is 1. The van der Waals surface area contributed by atoms with Crippen molar-refractivity contribution in [1.82, 2.24) is 15.1 Å². The summed E-state index contributed by atoms with van der Waals surface area (Å²) in [6.07, 6.45) is 2.79. The van der Waals surface area contributed by atoms with Crippen molar-refractivity contribution in [3.63, 3.8) is 0 Å². The highest BCUT2D eigenvalue weighted by molar-refractivity contribution is 6.04. The summed E-state index contributed by atoms with van der Waals surface area (Å²) in [6.45, 7) is 5.15. The van der Waals surface area contributed by atoms with E-state index in [1.54, 1.807) is 18.2 Å². The Morgan fingerprint density at radius 3 is 2.83 bits per heavy atom. The minimum Gasteiger partial charge on any atom is -0.376 e. The van der Waals surface area contributed by atoms with E-state index in [-0.39, 0.29) is 23.6 Å². The van der Waals surface area contributed by atoms with Crippen LogP contribution in [0.5, 0.6) is 0 Å². The van der Waals surface area contributed by atoms with Crippen molar-refractivity contribution in [1.29, 1.82) is 0 Å². The van der Waals surface area contributed by atoms with Gasteiger partial charge < -0.3 is 10.1 Å². The van der Waals surface area contributed by atoms with E-state index in [9.17, 15) is 9.59 Å². The highest BCUT2D eigenvalue weighted by atomic mass is 16.5. The molecule has 1 amide bonds. The van der Waals surface area contributed by atoms with E-state index in [4.69, 9.17) is 4.74 Å². The molecular weight excluding hydrogens is 306 g/mol. The van der Waals surface area contributed by atoms with Crippen LogP contribution in [0.4, 0.5) is 0 Å². The largest absolute Gasteiger partial charge is 0.376 e. The first-order valence-corrected chi connectivity index (χ1v) is 8.54. The highest BCUT2D eigenvalue weighted by Crippen LogP contribution is 2.17. The van der Waals surface area contributed by atoms with Gasteiger partial charge in [0.05, 0.1) is 17.5 Å². The third kappa shape index (κ3) is 3.19. The van der Waals surface area contributed by atoms with Crippen LogP contribution in [0, 0.1) is 0 Å². The predicted octanol–water partition coefficient (Wildman–Crippen LogP) is 2.10. The molecule has 0 saturated carbocycles. The topological polar surface area (TPSA) is 73.2 Å². The smallest absolute Gasteiger partial charge is 0.274 e. The lowest BCUT2D eigenvalue weighted by Gasteiger charge is -2.20. The molecule has 0 bridgehead atoms. The molecule has 1 saturated heterocycles. The van der Waals surface area contributed by atoms with Gasteiger partial charge in [-0.2, -0.15) is 5.10 Å². The van der Waals surface area contributed by atoms with Gasteiger partial charge in [-0.3, -0.25) is 9.59 Å². The molecule has 0 aliphatic carbocycles. The molecule has 0 unspecified atom stereocenters. The minimum atomic E-state index is -0.265. The summed E-state index contributed by atoms with van der Waals surface area (Å²) >= 11 is 0. The quantitative estimate of drug-likeness (QED) is 0.912. The molecule has 1 aromatic heterocycles. The van der Waals surface area contributed by atoms with Crippen LogP contribution in [0.15, 0.2) is 29.1 Å². The molecule has 0 spiro atoms. The number of hydrogen-bond donors (Lipinski definition) is 1. The number of nitrogens with zero attached hydrogens (tertiary/aromatic N) is 2.